The maximum atomic E-state index is 11.4. The number of rotatable bonds is 0. The van der Waals surface area contributed by atoms with Crippen LogP contribution in [0.4, 0.5) is 4.79 Å². The number of nitrogens with zero attached hydrogens (tertiary/aromatic N) is 1. The zero-order valence-electron chi connectivity index (χ0n) is 12.0. The van der Waals surface area contributed by atoms with Crippen molar-refractivity contribution in [3.63, 3.8) is 0 Å². The zero-order valence-corrected chi connectivity index (χ0v) is 14.0. The molecular weight excluding hydrogens is 241 g/mol. The van der Waals surface area contributed by atoms with Crippen LogP contribution in [0, 0.1) is 11.8 Å². The Labute approximate surface area is 132 Å². The van der Waals surface area contributed by atoms with Crippen molar-refractivity contribution < 1.29 is 43.9 Å². The summed E-state index contributed by atoms with van der Waals surface area (Å²) in [6.45, 7) is 8.97. The third-order valence-corrected chi connectivity index (χ3v) is 1.93. The first-order chi connectivity index (χ1) is 7.90. The second-order valence-corrected chi connectivity index (χ2v) is 4.65. The summed E-state index contributed by atoms with van der Waals surface area (Å²) in [5, 5.41) is 0. The molecule has 0 aliphatic carbocycles. The van der Waals surface area contributed by atoms with E-state index in [1.807, 2.05) is 20.8 Å². The fourth-order valence-corrected chi connectivity index (χ4v) is 1.28. The largest absolute Gasteiger partial charge is 1.00 e. The van der Waals surface area contributed by atoms with Crippen molar-refractivity contribution in [3.05, 3.63) is 0 Å². The second-order valence-electron chi connectivity index (χ2n) is 4.65. The van der Waals surface area contributed by atoms with Crippen molar-refractivity contribution in [2.75, 3.05) is 13.1 Å². The molecule has 4 nitrogen and oxygen atoms in total. The van der Waals surface area contributed by atoms with Crippen LogP contribution in [0.1, 0.15) is 40.5 Å². The van der Waals surface area contributed by atoms with Crippen molar-refractivity contribution in [2.45, 2.75) is 46.1 Å². The van der Waals surface area contributed by atoms with Crippen LogP contribution in [0.25, 0.3) is 0 Å². The minimum absolute atomic E-state index is 0. The molecule has 0 atom stereocenters. The number of amides is 1. The van der Waals surface area contributed by atoms with Gasteiger partial charge in [-0.3, -0.25) is 5.92 Å². The van der Waals surface area contributed by atoms with Gasteiger partial charge in [-0.05, 0) is 33.6 Å². The Hall–Kier alpha value is -0.500. The van der Waals surface area contributed by atoms with Crippen molar-refractivity contribution in [1.29, 1.82) is 0 Å². The fraction of sp³-hybridized carbons (Fsp3) is 0.692. The van der Waals surface area contributed by atoms with E-state index in [0.29, 0.717) is 0 Å². The summed E-state index contributed by atoms with van der Waals surface area (Å²) in [5.41, 5.74) is -0.361. The van der Waals surface area contributed by atoms with Gasteiger partial charge in [-0.2, -0.15) is 0 Å². The van der Waals surface area contributed by atoms with E-state index in [1.54, 1.807) is 11.8 Å². The molecule has 1 amide bonds. The van der Waals surface area contributed by atoms with Gasteiger partial charge in [0.05, 0.1) is 0 Å². The predicted octanol–water partition coefficient (Wildman–Crippen LogP) is -0.859. The van der Waals surface area contributed by atoms with E-state index >= 15 is 0 Å². The Morgan fingerprint density at radius 2 is 1.78 bits per heavy atom. The van der Waals surface area contributed by atoms with Crippen LogP contribution in [-0.2, 0) is 9.53 Å². The third-order valence-electron chi connectivity index (χ3n) is 1.93. The molecule has 1 heterocycles. The SMILES string of the molecule is CC#C[C-]=O.CC(C)(C)OC(=O)N1CCCC1.[Na+]. The van der Waals surface area contributed by atoms with E-state index in [0.717, 1.165) is 25.9 Å². The fourth-order valence-electron chi connectivity index (χ4n) is 1.28. The second kappa shape index (κ2) is 10.4. The topological polar surface area (TPSA) is 46.6 Å². The average Bonchev–Trinajstić information content (AvgIpc) is 2.69. The zero-order chi connectivity index (χ0) is 13.3. The van der Waals surface area contributed by atoms with Gasteiger partial charge >= 0.3 is 35.7 Å². The average molecular weight is 261 g/mol. The number of carbonyl (C=O) groups excluding carboxylic acids is 2. The van der Waals surface area contributed by atoms with Crippen molar-refractivity contribution >= 4 is 12.4 Å². The minimum Gasteiger partial charge on any atom is -0.444 e. The van der Waals surface area contributed by atoms with Gasteiger partial charge in [-0.25, -0.2) is 4.79 Å². The molecule has 0 aromatic carbocycles. The first-order valence-corrected chi connectivity index (χ1v) is 5.67. The summed E-state index contributed by atoms with van der Waals surface area (Å²) in [7, 11) is 0. The van der Waals surface area contributed by atoms with E-state index in [-0.39, 0.29) is 41.3 Å². The molecule has 1 saturated heterocycles. The molecule has 0 unspecified atom stereocenters. The van der Waals surface area contributed by atoms with E-state index in [4.69, 9.17) is 9.53 Å². The van der Waals surface area contributed by atoms with Gasteiger partial charge in [-0.15, -0.1) is 0 Å². The first-order valence-electron chi connectivity index (χ1n) is 5.67. The molecule has 0 aromatic heterocycles. The number of hydrogen-bond donors (Lipinski definition) is 0. The van der Waals surface area contributed by atoms with Crippen molar-refractivity contribution in [1.82, 2.24) is 4.90 Å². The molecule has 5 heteroatoms. The van der Waals surface area contributed by atoms with Gasteiger partial charge in [-0.1, -0.05) is 6.92 Å². The summed E-state index contributed by atoms with van der Waals surface area (Å²) >= 11 is 0. The van der Waals surface area contributed by atoms with Crippen LogP contribution in [-0.4, -0.2) is 36.0 Å². The van der Waals surface area contributed by atoms with E-state index in [1.165, 1.54) is 6.29 Å². The van der Waals surface area contributed by atoms with E-state index in [2.05, 4.69) is 11.8 Å². The molecule has 1 aliphatic heterocycles. The molecule has 0 spiro atoms. The summed E-state index contributed by atoms with van der Waals surface area (Å²) in [4.78, 5) is 22.2. The Balaban J connectivity index is 0. The third kappa shape index (κ3) is 10.6. The minimum atomic E-state index is -0.361. The van der Waals surface area contributed by atoms with Crippen molar-refractivity contribution in [2.24, 2.45) is 0 Å². The number of hydrogen-bond acceptors (Lipinski definition) is 3. The van der Waals surface area contributed by atoms with Gasteiger partial charge in [0.15, 0.2) is 0 Å². The summed E-state index contributed by atoms with van der Waals surface area (Å²) in [5.74, 6) is 4.40. The molecule has 96 valence electrons. The van der Waals surface area contributed by atoms with Crippen LogP contribution < -0.4 is 29.6 Å². The van der Waals surface area contributed by atoms with Gasteiger partial charge in [0, 0.05) is 19.4 Å². The van der Waals surface area contributed by atoms with Crippen LogP contribution in [0.2, 0.25) is 0 Å². The standard InChI is InChI=1S/C9H17NO2.C4H3O.Na/c1-9(2,3)12-8(11)10-6-4-5-7-10;1-2-3-4-5;/h4-7H2,1-3H3;1H3;/q;-1;+1. The monoisotopic (exact) mass is 261 g/mol. The van der Waals surface area contributed by atoms with Crippen LogP contribution in [0.3, 0.4) is 0 Å². The summed E-state index contributed by atoms with van der Waals surface area (Å²) in [6.07, 6.45) is 3.46. The van der Waals surface area contributed by atoms with E-state index in [9.17, 15) is 4.79 Å². The number of carbonyl (C=O) groups is 1. The predicted molar refractivity (Wildman–Crippen MR) is 66.2 cm³/mol. The molecule has 0 aromatic rings. The van der Waals surface area contributed by atoms with Gasteiger partial charge in [0.1, 0.15) is 5.60 Å². The maximum Gasteiger partial charge on any atom is 1.00 e. The van der Waals surface area contributed by atoms with Gasteiger partial charge in [0.2, 0.25) is 0 Å². The van der Waals surface area contributed by atoms with Gasteiger partial charge in [0.25, 0.3) is 0 Å². The summed E-state index contributed by atoms with van der Waals surface area (Å²) < 4.78 is 5.21. The molecule has 18 heavy (non-hydrogen) atoms. The van der Waals surface area contributed by atoms with Crippen LogP contribution in [0.15, 0.2) is 0 Å². The molecule has 1 aliphatic rings. The molecule has 0 N–H and O–H groups in total. The normalized spacial score (nSPS) is 13.2. The molecule has 0 radical (unpaired) electrons. The van der Waals surface area contributed by atoms with Crippen molar-refractivity contribution in [3.8, 4) is 11.8 Å². The molecular formula is C13H20NNaO3. The first kappa shape index (κ1) is 19.8. The summed E-state index contributed by atoms with van der Waals surface area (Å²) in [6, 6.07) is 0. The maximum absolute atomic E-state index is 11.4. The molecule has 1 fully saturated rings. The Bertz CT molecular complexity index is 306. The molecule has 0 saturated carbocycles. The smallest absolute Gasteiger partial charge is 0.444 e. The quantitative estimate of drug-likeness (QED) is 0.324. The Morgan fingerprint density at radius 3 is 2.06 bits per heavy atom. The molecule has 0 bridgehead atoms. The number of ether oxygens (including phenoxy) is 1. The Morgan fingerprint density at radius 1 is 1.28 bits per heavy atom. The molecule has 1 rings (SSSR count). The van der Waals surface area contributed by atoms with E-state index < -0.39 is 0 Å². The number of likely N-dealkylation sites (tertiary alicyclic amines) is 1. The van der Waals surface area contributed by atoms with Crippen LogP contribution >= 0.6 is 0 Å². The van der Waals surface area contributed by atoms with Crippen LogP contribution in [0.5, 0.6) is 0 Å². The van der Waals surface area contributed by atoms with Gasteiger partial charge < -0.3 is 20.4 Å². The Kier molecular flexibility index (Phi) is 11.5.